The minimum absolute atomic E-state index is 0.000987. The molecule has 0 spiro atoms. The van der Waals surface area contributed by atoms with E-state index in [1.54, 1.807) is 34.8 Å². The third-order valence-corrected chi connectivity index (χ3v) is 16.5. The first-order chi connectivity index (χ1) is 29.9. The van der Waals surface area contributed by atoms with Crippen LogP contribution >= 0.6 is 22.7 Å². The van der Waals surface area contributed by atoms with E-state index in [-0.39, 0.29) is 23.2 Å². The first kappa shape index (κ1) is 44.7. The van der Waals surface area contributed by atoms with E-state index in [0.717, 1.165) is 68.4 Å². The summed E-state index contributed by atoms with van der Waals surface area (Å²) in [6, 6.07) is 31.3. The lowest BCUT2D eigenvalue weighted by atomic mass is 9.92. The van der Waals surface area contributed by atoms with E-state index < -0.39 is 26.0 Å². The van der Waals surface area contributed by atoms with E-state index >= 15 is 0 Å². The number of aliphatic carboxylic acids is 1. The van der Waals surface area contributed by atoms with E-state index in [9.17, 15) is 26.4 Å². The van der Waals surface area contributed by atoms with Crippen LogP contribution in [-0.2, 0) is 53.3 Å². The fourth-order valence-electron chi connectivity index (χ4n) is 9.65. The maximum absolute atomic E-state index is 12.8. The van der Waals surface area contributed by atoms with Crippen LogP contribution in [-0.4, -0.2) is 87.4 Å². The number of benzene rings is 4. The quantitative estimate of drug-likeness (QED) is 0.0984. The number of sulfonamides is 2. The highest BCUT2D eigenvalue weighted by Gasteiger charge is 2.66. The molecular weight excluding hydrogens is 877 g/mol. The Morgan fingerprint density at radius 3 is 1.57 bits per heavy atom. The predicted octanol–water partition coefficient (Wildman–Crippen LogP) is 7.13. The topological polar surface area (TPSA) is 188 Å². The Balaban J connectivity index is 0.000000143. The zero-order valence-corrected chi connectivity index (χ0v) is 38.8. The number of aryl methyl sites for hydroxylation is 2. The molecule has 63 heavy (non-hydrogen) atoms. The number of nitrogens with zero attached hydrogens (tertiary/aromatic N) is 3. The number of nitrogens with one attached hydrogen (secondary N) is 3. The Kier molecular flexibility index (Phi) is 12.4. The van der Waals surface area contributed by atoms with Crippen LogP contribution in [0.5, 0.6) is 0 Å². The van der Waals surface area contributed by atoms with Crippen LogP contribution in [0.25, 0.3) is 20.4 Å². The zero-order valence-electron chi connectivity index (χ0n) is 35.6. The summed E-state index contributed by atoms with van der Waals surface area (Å²) in [6.07, 6.45) is 4.18. The van der Waals surface area contributed by atoms with E-state index in [2.05, 4.69) is 56.8 Å². The Bertz CT molecular complexity index is 2810. The molecular formula is C46H52N6O7S4. The first-order valence-electron chi connectivity index (χ1n) is 21.0. The number of carboxylic acids is 1. The van der Waals surface area contributed by atoms with Crippen LogP contribution in [0.15, 0.2) is 97.1 Å². The van der Waals surface area contributed by atoms with Gasteiger partial charge in [0.1, 0.15) is 0 Å². The van der Waals surface area contributed by atoms with Crippen LogP contribution in [0, 0.1) is 23.7 Å². The third-order valence-electron chi connectivity index (χ3n) is 13.1. The van der Waals surface area contributed by atoms with Gasteiger partial charge in [-0.15, -0.1) is 22.7 Å². The second kappa shape index (κ2) is 17.6. The van der Waals surface area contributed by atoms with E-state index in [1.807, 2.05) is 71.6 Å². The fraction of sp³-hybridized carbons (Fsp3) is 0.391. The highest BCUT2D eigenvalue weighted by molar-refractivity contribution is 7.92. The molecule has 4 unspecified atom stereocenters. The lowest BCUT2D eigenvalue weighted by molar-refractivity contribution is -0.137. The second-order valence-corrected chi connectivity index (χ2v) is 23.1. The van der Waals surface area contributed by atoms with E-state index in [0.29, 0.717) is 54.3 Å². The van der Waals surface area contributed by atoms with Crippen molar-refractivity contribution in [3.05, 3.63) is 118 Å². The molecule has 4 heterocycles. The molecule has 4 N–H and O–H groups in total. The number of para-hydroxylation sites is 2. The third kappa shape index (κ3) is 10.1. The normalized spacial score (nSPS) is 24.3. The highest BCUT2D eigenvalue weighted by atomic mass is 32.2. The second-order valence-electron chi connectivity index (χ2n) is 17.4. The molecule has 4 aromatic carbocycles. The highest BCUT2D eigenvalue weighted by Crippen LogP contribution is 2.64. The fourth-order valence-corrected chi connectivity index (χ4v) is 12.7. The molecule has 2 saturated heterocycles. The van der Waals surface area contributed by atoms with Crippen molar-refractivity contribution in [1.29, 1.82) is 0 Å². The molecule has 2 aliphatic heterocycles. The van der Waals surface area contributed by atoms with Crippen LogP contribution in [0.2, 0.25) is 0 Å². The number of thiazole rings is 2. The van der Waals surface area contributed by atoms with Crippen molar-refractivity contribution in [2.75, 3.05) is 48.1 Å². The number of carbonyl (C=O) groups excluding carboxylic acids is 1. The van der Waals surface area contributed by atoms with Crippen LogP contribution < -0.4 is 14.8 Å². The SMILES string of the molecule is CC1(c2cccc(NS(C)(=O)=O)c2)C2CN(C(=O)CCc3nc4ccccc4s3)CC21.CC1(c2cccc(NS(C)(=O)=O)c2)C2CNCC21.O=C(O)CCc1nc2ccccc2s1. The van der Waals surface area contributed by atoms with Gasteiger partial charge < -0.3 is 15.3 Å². The van der Waals surface area contributed by atoms with Crippen molar-refractivity contribution in [3.63, 3.8) is 0 Å². The van der Waals surface area contributed by atoms with E-state index in [1.165, 1.54) is 11.8 Å². The summed E-state index contributed by atoms with van der Waals surface area (Å²) in [7, 11) is -6.50. The van der Waals surface area contributed by atoms with Gasteiger partial charge in [-0.25, -0.2) is 26.8 Å². The molecule has 2 aliphatic carbocycles. The van der Waals surface area contributed by atoms with Gasteiger partial charge in [-0.3, -0.25) is 19.0 Å². The van der Waals surface area contributed by atoms with Gasteiger partial charge in [0.15, 0.2) is 0 Å². The number of amides is 1. The molecule has 13 nitrogen and oxygen atoms in total. The zero-order chi connectivity index (χ0) is 44.7. The van der Waals surface area contributed by atoms with Gasteiger partial charge in [-0.05, 0) is 96.4 Å². The van der Waals surface area contributed by atoms with Gasteiger partial charge in [0.05, 0.1) is 49.4 Å². The molecule has 17 heteroatoms. The number of fused-ring (bicyclic) bond motifs is 4. The van der Waals surface area contributed by atoms with E-state index in [4.69, 9.17) is 5.11 Å². The lowest BCUT2D eigenvalue weighted by Gasteiger charge is -2.25. The van der Waals surface area contributed by atoms with Crippen molar-refractivity contribution < 1.29 is 31.5 Å². The molecule has 10 rings (SSSR count). The molecule has 2 saturated carbocycles. The van der Waals surface area contributed by atoms with Gasteiger partial charge in [0, 0.05) is 54.6 Å². The van der Waals surface area contributed by atoms with Crippen molar-refractivity contribution >= 4 is 86.4 Å². The molecule has 4 fully saturated rings. The van der Waals surface area contributed by atoms with Crippen LogP contribution in [0.3, 0.4) is 0 Å². The van der Waals surface area contributed by atoms with Crippen molar-refractivity contribution in [2.45, 2.75) is 50.4 Å². The number of piperidine rings is 2. The average Bonchev–Trinajstić information content (AvgIpc) is 3.74. The number of rotatable bonds is 12. The number of hydrogen-bond acceptors (Lipinski definition) is 11. The summed E-state index contributed by atoms with van der Waals surface area (Å²) in [5, 5.41) is 13.8. The number of likely N-dealkylation sites (tertiary alicyclic amines) is 1. The largest absolute Gasteiger partial charge is 0.481 e. The number of carbonyl (C=O) groups is 2. The first-order valence-corrected chi connectivity index (χ1v) is 26.4. The number of hydrogen-bond donors (Lipinski definition) is 4. The molecule has 0 bridgehead atoms. The van der Waals surface area contributed by atoms with Crippen LogP contribution in [0.4, 0.5) is 11.4 Å². The van der Waals surface area contributed by atoms with Crippen LogP contribution in [0.1, 0.15) is 47.8 Å². The number of carboxylic acid groups (broad SMARTS) is 1. The van der Waals surface area contributed by atoms with Gasteiger partial charge in [-0.1, -0.05) is 62.4 Å². The van der Waals surface area contributed by atoms with Crippen molar-refractivity contribution in [3.8, 4) is 0 Å². The molecule has 4 atom stereocenters. The minimum Gasteiger partial charge on any atom is -0.481 e. The Morgan fingerprint density at radius 1 is 0.683 bits per heavy atom. The van der Waals surface area contributed by atoms with Gasteiger partial charge in [0.2, 0.25) is 26.0 Å². The van der Waals surface area contributed by atoms with Gasteiger partial charge >= 0.3 is 5.97 Å². The Hall–Kier alpha value is -4.94. The summed E-state index contributed by atoms with van der Waals surface area (Å²) in [6.45, 7) is 8.19. The molecule has 4 aliphatic rings. The number of anilines is 2. The molecule has 332 valence electrons. The predicted molar refractivity (Wildman–Crippen MR) is 251 cm³/mol. The molecule has 0 radical (unpaired) electrons. The smallest absolute Gasteiger partial charge is 0.303 e. The van der Waals surface area contributed by atoms with Crippen molar-refractivity contribution in [1.82, 2.24) is 20.2 Å². The summed E-state index contributed by atoms with van der Waals surface area (Å²) in [5.41, 5.74) is 5.81. The Labute approximate surface area is 376 Å². The molecule has 6 aromatic rings. The lowest BCUT2D eigenvalue weighted by Crippen LogP contribution is -2.34. The maximum Gasteiger partial charge on any atom is 0.303 e. The summed E-state index contributed by atoms with van der Waals surface area (Å²) in [4.78, 5) is 34.1. The van der Waals surface area contributed by atoms with Crippen molar-refractivity contribution in [2.24, 2.45) is 23.7 Å². The minimum atomic E-state index is -3.30. The summed E-state index contributed by atoms with van der Waals surface area (Å²) in [5.74, 6) is 1.67. The average molecular weight is 929 g/mol. The molecule has 2 aromatic heterocycles. The standard InChI is InChI=1S/C23H25N3O3S2.C13H18N2O2S.C10H9NO2S/c1-23(15-6-5-7-16(12-15)25-31(2,28)29)17-13-26(14-18(17)23)22(27)11-10-21-24-19-8-3-4-9-20(19)30-21;1-13(11-7-14-8-12(11)13)9-4-3-5-10(6-9)15-18(2,16)17;12-10(13)6-5-9-11-7-3-1-2-4-8(7)14-9/h3-9,12,17-18,25H,10-11,13-14H2,1-2H3;3-6,11-12,14-15H,7-8H2,1-2H3;1-4H,5-6H2,(H,12,13). The summed E-state index contributed by atoms with van der Waals surface area (Å²) >= 11 is 3.23. The summed E-state index contributed by atoms with van der Waals surface area (Å²) < 4.78 is 53.0. The monoisotopic (exact) mass is 928 g/mol. The van der Waals surface area contributed by atoms with Gasteiger partial charge in [0.25, 0.3) is 0 Å². The maximum atomic E-state index is 12.8. The number of aromatic nitrogens is 2. The molecule has 1 amide bonds. The van der Waals surface area contributed by atoms with Gasteiger partial charge in [-0.2, -0.15) is 0 Å². The Morgan fingerprint density at radius 2 is 1.13 bits per heavy atom.